The zero-order chi connectivity index (χ0) is 14.2. The van der Waals surface area contributed by atoms with Gasteiger partial charge in [0, 0.05) is 16.9 Å². The summed E-state index contributed by atoms with van der Waals surface area (Å²) in [6.07, 6.45) is 0. The normalized spacial score (nSPS) is 12.7. The van der Waals surface area contributed by atoms with E-state index in [4.69, 9.17) is 5.11 Å². The molecule has 0 bridgehead atoms. The van der Waals surface area contributed by atoms with E-state index in [1.807, 2.05) is 0 Å². The molecule has 1 unspecified atom stereocenters. The third-order valence-electron chi connectivity index (χ3n) is 3.13. The van der Waals surface area contributed by atoms with Crippen LogP contribution in [0.1, 0.15) is 17.4 Å². The molecule has 0 saturated heterocycles. The average Bonchev–Trinajstić information content (AvgIpc) is 2.80. The maximum Gasteiger partial charge on any atom is 0.270 e. The van der Waals surface area contributed by atoms with Gasteiger partial charge in [0.2, 0.25) is 0 Å². The first-order chi connectivity index (χ1) is 8.93. The quantitative estimate of drug-likeness (QED) is 0.909. The van der Waals surface area contributed by atoms with E-state index in [-0.39, 0.29) is 18.6 Å². The van der Waals surface area contributed by atoms with E-state index in [0.29, 0.717) is 21.1 Å². The van der Waals surface area contributed by atoms with Crippen molar-refractivity contribution in [1.29, 1.82) is 0 Å². The Hall–Kier alpha value is -1.40. The van der Waals surface area contributed by atoms with Gasteiger partial charge in [0.25, 0.3) is 5.91 Å². The van der Waals surface area contributed by atoms with Crippen molar-refractivity contribution in [2.45, 2.75) is 13.0 Å². The van der Waals surface area contributed by atoms with Crippen molar-refractivity contribution < 1.29 is 14.3 Å². The van der Waals surface area contributed by atoms with Crippen LogP contribution in [0, 0.1) is 5.82 Å². The standard InChI is InChI=1S/C13H14BrFN2O2/c1-7(6-18)17(2)13(19)12-5-9-10(15)3-8(14)4-11(9)16-12/h3-5,7,16,18H,6H2,1-2H3. The Bertz CT molecular complexity index is 626. The van der Waals surface area contributed by atoms with E-state index >= 15 is 0 Å². The first-order valence-electron chi connectivity index (χ1n) is 5.79. The average molecular weight is 329 g/mol. The van der Waals surface area contributed by atoms with E-state index in [1.165, 1.54) is 17.0 Å². The summed E-state index contributed by atoms with van der Waals surface area (Å²) >= 11 is 3.20. The highest BCUT2D eigenvalue weighted by Gasteiger charge is 2.19. The molecular weight excluding hydrogens is 315 g/mol. The number of nitrogens with zero attached hydrogens (tertiary/aromatic N) is 1. The minimum Gasteiger partial charge on any atom is -0.394 e. The number of fused-ring (bicyclic) bond motifs is 1. The number of aromatic nitrogens is 1. The summed E-state index contributed by atoms with van der Waals surface area (Å²) < 4.78 is 14.3. The maximum absolute atomic E-state index is 13.7. The Kier molecular flexibility index (Phi) is 3.91. The zero-order valence-electron chi connectivity index (χ0n) is 10.6. The highest BCUT2D eigenvalue weighted by atomic mass is 79.9. The fraction of sp³-hybridized carbons (Fsp3) is 0.308. The molecule has 0 radical (unpaired) electrons. The van der Waals surface area contributed by atoms with E-state index in [9.17, 15) is 9.18 Å². The number of likely N-dealkylation sites (N-methyl/N-ethyl adjacent to an activating group) is 1. The number of hydrogen-bond acceptors (Lipinski definition) is 2. The van der Waals surface area contributed by atoms with Gasteiger partial charge in [-0.25, -0.2) is 4.39 Å². The van der Waals surface area contributed by atoms with Gasteiger partial charge in [-0.3, -0.25) is 4.79 Å². The van der Waals surface area contributed by atoms with Crippen molar-refractivity contribution in [1.82, 2.24) is 9.88 Å². The third-order valence-corrected chi connectivity index (χ3v) is 3.59. The van der Waals surface area contributed by atoms with Gasteiger partial charge in [0.1, 0.15) is 11.5 Å². The molecule has 1 heterocycles. The second-order valence-corrected chi connectivity index (χ2v) is 5.40. The van der Waals surface area contributed by atoms with Crippen LogP contribution in [-0.2, 0) is 0 Å². The first-order valence-corrected chi connectivity index (χ1v) is 6.59. The third kappa shape index (κ3) is 2.64. The molecule has 0 spiro atoms. The topological polar surface area (TPSA) is 56.3 Å². The van der Waals surface area contributed by atoms with Gasteiger partial charge >= 0.3 is 0 Å². The smallest absolute Gasteiger partial charge is 0.270 e. The summed E-state index contributed by atoms with van der Waals surface area (Å²) in [6.45, 7) is 1.61. The summed E-state index contributed by atoms with van der Waals surface area (Å²) in [5.74, 6) is -0.675. The van der Waals surface area contributed by atoms with Crippen LogP contribution < -0.4 is 0 Å². The SMILES string of the molecule is CC(CO)N(C)C(=O)c1cc2c(F)cc(Br)cc2[nH]1. The summed E-state index contributed by atoms with van der Waals surface area (Å²) in [6, 6.07) is 4.25. The van der Waals surface area contributed by atoms with E-state index < -0.39 is 5.82 Å². The van der Waals surface area contributed by atoms with Crippen molar-refractivity contribution in [3.8, 4) is 0 Å². The number of aliphatic hydroxyl groups excluding tert-OH is 1. The number of H-pyrrole nitrogens is 1. The Morgan fingerprint density at radius 2 is 2.21 bits per heavy atom. The molecule has 2 rings (SSSR count). The number of rotatable bonds is 3. The summed E-state index contributed by atoms with van der Waals surface area (Å²) in [4.78, 5) is 16.5. The van der Waals surface area contributed by atoms with Crippen molar-refractivity contribution in [2.75, 3.05) is 13.7 Å². The minimum absolute atomic E-state index is 0.123. The van der Waals surface area contributed by atoms with Gasteiger partial charge in [0.15, 0.2) is 0 Å². The molecule has 1 amide bonds. The molecule has 0 aliphatic carbocycles. The van der Waals surface area contributed by atoms with Gasteiger partial charge in [-0.15, -0.1) is 0 Å². The molecule has 1 aromatic carbocycles. The number of amides is 1. The fourth-order valence-corrected chi connectivity index (χ4v) is 2.22. The van der Waals surface area contributed by atoms with Gasteiger partial charge in [-0.1, -0.05) is 15.9 Å². The Morgan fingerprint density at radius 3 is 2.84 bits per heavy atom. The number of benzene rings is 1. The molecule has 0 saturated carbocycles. The summed E-state index contributed by atoms with van der Waals surface area (Å²) in [5.41, 5.74) is 0.857. The lowest BCUT2D eigenvalue weighted by molar-refractivity contribution is 0.0677. The molecule has 1 atom stereocenters. The largest absolute Gasteiger partial charge is 0.394 e. The van der Waals surface area contributed by atoms with Crippen LogP contribution in [-0.4, -0.2) is 40.6 Å². The molecule has 4 nitrogen and oxygen atoms in total. The molecule has 2 aromatic rings. The Balaban J connectivity index is 2.41. The summed E-state index contributed by atoms with van der Waals surface area (Å²) in [5, 5.41) is 9.42. The van der Waals surface area contributed by atoms with Crippen LogP contribution in [0.25, 0.3) is 10.9 Å². The Morgan fingerprint density at radius 1 is 1.53 bits per heavy atom. The maximum atomic E-state index is 13.7. The van der Waals surface area contributed by atoms with Crippen molar-refractivity contribution >= 4 is 32.7 Å². The molecule has 0 aliphatic rings. The second-order valence-electron chi connectivity index (χ2n) is 4.48. The number of hydrogen-bond donors (Lipinski definition) is 2. The molecule has 102 valence electrons. The van der Waals surface area contributed by atoms with E-state index in [2.05, 4.69) is 20.9 Å². The monoisotopic (exact) mass is 328 g/mol. The predicted molar refractivity (Wildman–Crippen MR) is 74.6 cm³/mol. The number of halogens is 2. The van der Waals surface area contributed by atoms with E-state index in [0.717, 1.165) is 0 Å². The second kappa shape index (κ2) is 5.30. The highest BCUT2D eigenvalue weighted by Crippen LogP contribution is 2.24. The van der Waals surface area contributed by atoms with Crippen LogP contribution >= 0.6 is 15.9 Å². The minimum atomic E-state index is -0.391. The number of carbonyl (C=O) groups excluding carboxylic acids is 1. The van der Waals surface area contributed by atoms with Crippen LogP contribution in [0.4, 0.5) is 4.39 Å². The lowest BCUT2D eigenvalue weighted by Crippen LogP contribution is -2.37. The molecule has 6 heteroatoms. The van der Waals surface area contributed by atoms with Gasteiger partial charge in [0.05, 0.1) is 18.2 Å². The lowest BCUT2D eigenvalue weighted by Gasteiger charge is -2.22. The first kappa shape index (κ1) is 14.0. The number of carbonyl (C=O) groups is 1. The lowest BCUT2D eigenvalue weighted by atomic mass is 10.2. The van der Waals surface area contributed by atoms with Gasteiger partial charge < -0.3 is 15.0 Å². The number of aromatic amines is 1. The summed E-state index contributed by atoms with van der Waals surface area (Å²) in [7, 11) is 1.60. The van der Waals surface area contributed by atoms with E-state index in [1.54, 1.807) is 20.0 Å². The molecule has 2 N–H and O–H groups in total. The fourth-order valence-electron chi connectivity index (χ4n) is 1.79. The number of aliphatic hydroxyl groups is 1. The van der Waals surface area contributed by atoms with Crippen LogP contribution in [0.3, 0.4) is 0 Å². The molecule has 0 aliphatic heterocycles. The van der Waals surface area contributed by atoms with Crippen LogP contribution in [0.5, 0.6) is 0 Å². The van der Waals surface area contributed by atoms with Crippen LogP contribution in [0.2, 0.25) is 0 Å². The van der Waals surface area contributed by atoms with Gasteiger partial charge in [-0.05, 0) is 25.1 Å². The Labute approximate surface area is 118 Å². The van der Waals surface area contributed by atoms with Crippen molar-refractivity contribution in [3.63, 3.8) is 0 Å². The van der Waals surface area contributed by atoms with Crippen molar-refractivity contribution in [3.05, 3.63) is 34.2 Å². The predicted octanol–water partition coefficient (Wildman–Crippen LogP) is 2.52. The number of nitrogens with one attached hydrogen (secondary N) is 1. The van der Waals surface area contributed by atoms with Crippen molar-refractivity contribution in [2.24, 2.45) is 0 Å². The molecule has 19 heavy (non-hydrogen) atoms. The zero-order valence-corrected chi connectivity index (χ0v) is 12.2. The highest BCUT2D eigenvalue weighted by molar-refractivity contribution is 9.10. The van der Waals surface area contributed by atoms with Crippen LogP contribution in [0.15, 0.2) is 22.7 Å². The molecular formula is C13H14BrFN2O2. The molecule has 0 fully saturated rings. The van der Waals surface area contributed by atoms with Gasteiger partial charge in [-0.2, -0.15) is 0 Å². The molecule has 1 aromatic heterocycles.